The van der Waals surface area contributed by atoms with E-state index in [4.69, 9.17) is 0 Å². The lowest BCUT2D eigenvalue weighted by Crippen LogP contribution is -2.21. The fourth-order valence-corrected chi connectivity index (χ4v) is 2.37. The fraction of sp³-hybridized carbons (Fsp3) is 0.467. The Kier molecular flexibility index (Phi) is 4.94. The topological polar surface area (TPSA) is 42.7 Å². The van der Waals surface area contributed by atoms with Crippen LogP contribution in [0.5, 0.6) is 0 Å². The minimum Gasteiger partial charge on any atom is -0.314 e. The predicted molar refractivity (Wildman–Crippen MR) is 84.5 cm³/mol. The largest absolute Gasteiger partial charge is 0.314 e. The summed E-state index contributed by atoms with van der Waals surface area (Å²) in [4.78, 5) is 0. The average molecular weight is 337 g/mol. The molecule has 0 unspecified atom stereocenters. The summed E-state index contributed by atoms with van der Waals surface area (Å²) in [5.41, 5.74) is 2.53. The molecule has 1 heterocycles. The van der Waals surface area contributed by atoms with Crippen LogP contribution in [0.2, 0.25) is 0 Å². The number of aromatic nitrogens is 3. The van der Waals surface area contributed by atoms with E-state index in [0.29, 0.717) is 12.6 Å². The van der Waals surface area contributed by atoms with Crippen LogP contribution in [-0.2, 0) is 6.54 Å². The first kappa shape index (κ1) is 15.2. The van der Waals surface area contributed by atoms with Crippen LogP contribution in [0, 0.1) is 6.92 Å². The molecule has 1 atom stereocenters. The molecule has 1 N–H and O–H groups in total. The smallest absolute Gasteiger partial charge is 0.147 e. The van der Waals surface area contributed by atoms with Crippen LogP contribution < -0.4 is 5.32 Å². The van der Waals surface area contributed by atoms with E-state index in [9.17, 15) is 0 Å². The van der Waals surface area contributed by atoms with Crippen LogP contribution in [0.25, 0.3) is 0 Å². The second kappa shape index (κ2) is 6.50. The second-order valence-electron chi connectivity index (χ2n) is 5.36. The molecule has 2 aromatic rings. The Bertz CT molecular complexity index is 577. The molecular formula is C15H21BrN4. The van der Waals surface area contributed by atoms with Gasteiger partial charge in [0.1, 0.15) is 12.2 Å². The maximum Gasteiger partial charge on any atom is 0.147 e. The normalized spacial score (nSPS) is 12.9. The van der Waals surface area contributed by atoms with Crippen molar-refractivity contribution in [2.75, 3.05) is 0 Å². The van der Waals surface area contributed by atoms with E-state index in [1.54, 1.807) is 6.33 Å². The maximum absolute atomic E-state index is 4.18. The van der Waals surface area contributed by atoms with Gasteiger partial charge in [0, 0.05) is 16.6 Å². The Morgan fingerprint density at radius 1 is 1.30 bits per heavy atom. The van der Waals surface area contributed by atoms with E-state index in [0.717, 1.165) is 10.3 Å². The zero-order chi connectivity index (χ0) is 14.7. The monoisotopic (exact) mass is 336 g/mol. The molecule has 108 valence electrons. The molecule has 0 fully saturated rings. The van der Waals surface area contributed by atoms with Gasteiger partial charge in [0.15, 0.2) is 0 Å². The van der Waals surface area contributed by atoms with E-state index < -0.39 is 0 Å². The minimum atomic E-state index is 0.277. The van der Waals surface area contributed by atoms with E-state index in [-0.39, 0.29) is 6.04 Å². The molecule has 0 saturated carbocycles. The van der Waals surface area contributed by atoms with Crippen LogP contribution in [0.15, 0.2) is 29.0 Å². The SMILES string of the molecule is Cc1cc([C@H](C)NCc2nncn2C(C)C)ccc1Br. The molecule has 0 bridgehead atoms. The summed E-state index contributed by atoms with van der Waals surface area (Å²) < 4.78 is 3.24. The molecule has 0 amide bonds. The summed E-state index contributed by atoms with van der Waals surface area (Å²) in [7, 11) is 0. The van der Waals surface area contributed by atoms with Crippen LogP contribution >= 0.6 is 15.9 Å². The number of nitrogens with zero attached hydrogens (tertiary/aromatic N) is 3. The van der Waals surface area contributed by atoms with Gasteiger partial charge in [-0.25, -0.2) is 0 Å². The minimum absolute atomic E-state index is 0.277. The molecule has 0 aliphatic carbocycles. The van der Waals surface area contributed by atoms with Crippen LogP contribution in [-0.4, -0.2) is 14.8 Å². The lowest BCUT2D eigenvalue weighted by Gasteiger charge is -2.16. The summed E-state index contributed by atoms with van der Waals surface area (Å²) in [5, 5.41) is 11.7. The van der Waals surface area contributed by atoms with Gasteiger partial charge in [0.25, 0.3) is 0 Å². The molecule has 0 radical (unpaired) electrons. The fourth-order valence-electron chi connectivity index (χ4n) is 2.12. The van der Waals surface area contributed by atoms with Gasteiger partial charge in [0.05, 0.1) is 6.54 Å². The van der Waals surface area contributed by atoms with Crippen LogP contribution in [0.1, 0.15) is 49.8 Å². The predicted octanol–water partition coefficient (Wildman–Crippen LogP) is 3.78. The Balaban J connectivity index is 2.03. The molecular weight excluding hydrogens is 316 g/mol. The Morgan fingerprint density at radius 2 is 2.05 bits per heavy atom. The Labute approximate surface area is 128 Å². The number of hydrogen-bond acceptors (Lipinski definition) is 3. The number of halogens is 1. The van der Waals surface area contributed by atoms with Crippen molar-refractivity contribution in [2.45, 2.75) is 46.3 Å². The van der Waals surface area contributed by atoms with E-state index in [2.05, 4.69) is 81.9 Å². The van der Waals surface area contributed by atoms with Crippen molar-refractivity contribution in [1.29, 1.82) is 0 Å². The average Bonchev–Trinajstić information content (AvgIpc) is 2.87. The number of nitrogens with one attached hydrogen (secondary N) is 1. The van der Waals surface area contributed by atoms with Gasteiger partial charge in [-0.3, -0.25) is 0 Å². The molecule has 5 heteroatoms. The van der Waals surface area contributed by atoms with Crippen molar-refractivity contribution in [3.63, 3.8) is 0 Å². The van der Waals surface area contributed by atoms with Gasteiger partial charge in [-0.15, -0.1) is 10.2 Å². The molecule has 1 aromatic carbocycles. The lowest BCUT2D eigenvalue weighted by molar-refractivity contribution is 0.509. The molecule has 2 rings (SSSR count). The van der Waals surface area contributed by atoms with Crippen molar-refractivity contribution in [3.05, 3.63) is 46.0 Å². The highest BCUT2D eigenvalue weighted by atomic mass is 79.9. The van der Waals surface area contributed by atoms with E-state index in [1.165, 1.54) is 11.1 Å². The standard InChI is InChI=1S/C15H21BrN4/c1-10(2)20-9-18-19-15(20)8-17-12(4)13-5-6-14(16)11(3)7-13/h5-7,9-10,12,17H,8H2,1-4H3/t12-/m0/s1. The van der Waals surface area contributed by atoms with Crippen molar-refractivity contribution >= 4 is 15.9 Å². The summed E-state index contributed by atoms with van der Waals surface area (Å²) >= 11 is 3.53. The van der Waals surface area contributed by atoms with E-state index in [1.807, 2.05) is 0 Å². The molecule has 0 spiro atoms. The zero-order valence-electron chi connectivity index (χ0n) is 12.4. The first-order chi connectivity index (χ1) is 9.49. The first-order valence-electron chi connectivity index (χ1n) is 6.87. The van der Waals surface area contributed by atoms with Gasteiger partial charge in [0.2, 0.25) is 0 Å². The Morgan fingerprint density at radius 3 is 2.70 bits per heavy atom. The molecule has 0 aliphatic heterocycles. The van der Waals surface area contributed by atoms with Gasteiger partial charge < -0.3 is 9.88 Å². The Hall–Kier alpha value is -1.20. The van der Waals surface area contributed by atoms with Crippen molar-refractivity contribution in [3.8, 4) is 0 Å². The van der Waals surface area contributed by atoms with E-state index >= 15 is 0 Å². The summed E-state index contributed by atoms with van der Waals surface area (Å²) in [6.07, 6.45) is 1.79. The first-order valence-corrected chi connectivity index (χ1v) is 7.66. The quantitative estimate of drug-likeness (QED) is 0.903. The van der Waals surface area contributed by atoms with Gasteiger partial charge in [-0.1, -0.05) is 28.1 Å². The summed E-state index contributed by atoms with van der Waals surface area (Å²) in [5.74, 6) is 0.973. The van der Waals surface area contributed by atoms with Crippen LogP contribution in [0.4, 0.5) is 0 Å². The molecule has 4 nitrogen and oxygen atoms in total. The van der Waals surface area contributed by atoms with Crippen molar-refractivity contribution < 1.29 is 0 Å². The molecule has 20 heavy (non-hydrogen) atoms. The number of rotatable bonds is 5. The summed E-state index contributed by atoms with van der Waals surface area (Å²) in [6, 6.07) is 7.10. The number of hydrogen-bond donors (Lipinski definition) is 1. The highest BCUT2D eigenvalue weighted by Gasteiger charge is 2.10. The zero-order valence-corrected chi connectivity index (χ0v) is 14.0. The second-order valence-corrected chi connectivity index (χ2v) is 6.21. The summed E-state index contributed by atoms with van der Waals surface area (Å²) in [6.45, 7) is 9.26. The van der Waals surface area contributed by atoms with Crippen LogP contribution in [0.3, 0.4) is 0 Å². The highest BCUT2D eigenvalue weighted by Crippen LogP contribution is 2.21. The molecule has 0 saturated heterocycles. The third kappa shape index (κ3) is 3.46. The van der Waals surface area contributed by atoms with Gasteiger partial charge >= 0.3 is 0 Å². The third-order valence-electron chi connectivity index (χ3n) is 3.45. The van der Waals surface area contributed by atoms with Gasteiger partial charge in [-0.2, -0.15) is 0 Å². The molecule has 0 aliphatic rings. The molecule has 1 aromatic heterocycles. The van der Waals surface area contributed by atoms with Crippen molar-refractivity contribution in [2.24, 2.45) is 0 Å². The van der Waals surface area contributed by atoms with Crippen molar-refractivity contribution in [1.82, 2.24) is 20.1 Å². The lowest BCUT2D eigenvalue weighted by atomic mass is 10.1. The number of aryl methyl sites for hydroxylation is 1. The third-order valence-corrected chi connectivity index (χ3v) is 4.34. The van der Waals surface area contributed by atoms with Gasteiger partial charge in [-0.05, 0) is 44.9 Å². The maximum atomic E-state index is 4.18. The highest BCUT2D eigenvalue weighted by molar-refractivity contribution is 9.10. The number of benzene rings is 1.